The van der Waals surface area contributed by atoms with Gasteiger partial charge in [0.05, 0.1) is 0 Å². The van der Waals surface area contributed by atoms with Crippen LogP contribution in [0.1, 0.15) is 53.3 Å². The van der Waals surface area contributed by atoms with Gasteiger partial charge in [-0.3, -0.25) is 4.79 Å². The molecule has 13 heavy (non-hydrogen) atoms. The van der Waals surface area contributed by atoms with Gasteiger partial charge in [-0.1, -0.05) is 39.0 Å². The van der Waals surface area contributed by atoms with Crippen molar-refractivity contribution < 1.29 is 79.8 Å². The molecular weight excluding hydrogens is 235 g/mol. The minimum Gasteiger partial charge on any atom is -1.00 e. The van der Waals surface area contributed by atoms with E-state index in [2.05, 4.69) is 6.92 Å². The molecule has 0 unspecified atom stereocenters. The van der Waals surface area contributed by atoms with E-state index in [9.17, 15) is 4.79 Å². The number of unbranched alkanes of at least 4 members (excludes halogenated alkanes) is 5. The van der Waals surface area contributed by atoms with Crippen LogP contribution >= 0.6 is 0 Å². The van der Waals surface area contributed by atoms with E-state index >= 15 is 0 Å². The second-order valence-electron chi connectivity index (χ2n) is 2.91. The van der Waals surface area contributed by atoms with Crippen molar-refractivity contribution in [3.63, 3.8) is 0 Å². The Morgan fingerprint density at radius 2 is 1.62 bits per heavy atom. The Morgan fingerprint density at radius 3 is 2.08 bits per heavy atom. The minimum absolute atomic E-state index is 0. The standard InChI is InChI=1S/C9H18O2.Fe.K.H/c1-2-3-4-5-6-7-8-9(10)11;;;/h2-8H2,1H3,(H,10,11);;;/q;;+1;-1. The maximum absolute atomic E-state index is 10.1. The third kappa shape index (κ3) is 19.9. The quantitative estimate of drug-likeness (QED) is 0.510. The molecule has 76 valence electrons. The van der Waals surface area contributed by atoms with Crippen LogP contribution in [-0.4, -0.2) is 11.1 Å². The summed E-state index contributed by atoms with van der Waals surface area (Å²) in [7, 11) is 0. The molecule has 0 aliphatic rings. The zero-order valence-corrected chi connectivity index (χ0v) is 12.9. The molecule has 0 aliphatic carbocycles. The Hall–Kier alpha value is 1.63. The van der Waals surface area contributed by atoms with Crippen molar-refractivity contribution >= 4 is 5.97 Å². The summed E-state index contributed by atoms with van der Waals surface area (Å²) >= 11 is 0. The van der Waals surface area contributed by atoms with E-state index < -0.39 is 5.97 Å². The van der Waals surface area contributed by atoms with Crippen molar-refractivity contribution in [2.45, 2.75) is 51.9 Å². The first-order valence-corrected chi connectivity index (χ1v) is 4.49. The molecule has 0 saturated heterocycles. The van der Waals surface area contributed by atoms with Crippen LogP contribution in [0.5, 0.6) is 0 Å². The first kappa shape index (κ1) is 20.1. The molecule has 0 aromatic heterocycles. The van der Waals surface area contributed by atoms with Crippen molar-refractivity contribution in [3.8, 4) is 0 Å². The molecule has 1 N–H and O–H groups in total. The summed E-state index contributed by atoms with van der Waals surface area (Å²) in [5, 5.41) is 8.32. The van der Waals surface area contributed by atoms with Crippen molar-refractivity contribution in [1.82, 2.24) is 0 Å². The van der Waals surface area contributed by atoms with Crippen LogP contribution in [0.4, 0.5) is 0 Å². The average molecular weight is 254 g/mol. The predicted octanol–water partition coefficient (Wildman–Crippen LogP) is -0.0644. The molecule has 0 radical (unpaired) electrons. The van der Waals surface area contributed by atoms with Gasteiger partial charge in [-0.2, -0.15) is 0 Å². The Balaban J connectivity index is -0.000000167. The van der Waals surface area contributed by atoms with Crippen molar-refractivity contribution in [2.75, 3.05) is 0 Å². The monoisotopic (exact) mass is 254 g/mol. The smallest absolute Gasteiger partial charge is 1.00 e. The zero-order valence-electron chi connectivity index (χ0n) is 9.66. The van der Waals surface area contributed by atoms with Crippen LogP contribution < -0.4 is 51.4 Å². The second kappa shape index (κ2) is 16.1. The fourth-order valence-corrected chi connectivity index (χ4v) is 1.06. The molecule has 0 spiro atoms. The summed E-state index contributed by atoms with van der Waals surface area (Å²) in [6, 6.07) is 0. The molecule has 2 nitrogen and oxygen atoms in total. The van der Waals surface area contributed by atoms with Crippen molar-refractivity contribution in [3.05, 3.63) is 0 Å². The molecule has 4 heteroatoms. The Kier molecular flexibility index (Phi) is 24.8. The number of hydrogen-bond donors (Lipinski definition) is 1. The molecule has 0 bridgehead atoms. The van der Waals surface area contributed by atoms with Crippen molar-refractivity contribution in [2.24, 2.45) is 0 Å². The van der Waals surface area contributed by atoms with Gasteiger partial charge >= 0.3 is 57.4 Å². The summed E-state index contributed by atoms with van der Waals surface area (Å²) < 4.78 is 0. The fourth-order valence-electron chi connectivity index (χ4n) is 1.06. The number of rotatable bonds is 7. The molecule has 0 rings (SSSR count). The van der Waals surface area contributed by atoms with Gasteiger partial charge in [0, 0.05) is 23.5 Å². The molecule has 0 heterocycles. The van der Waals surface area contributed by atoms with Crippen LogP contribution in [0.2, 0.25) is 0 Å². The first-order chi connectivity index (χ1) is 5.27. The Bertz CT molecular complexity index is 115. The third-order valence-electron chi connectivity index (χ3n) is 1.74. The number of carboxylic acids is 1. The van der Waals surface area contributed by atoms with Gasteiger partial charge in [-0.15, -0.1) is 0 Å². The summed E-state index contributed by atoms with van der Waals surface area (Å²) in [4.78, 5) is 10.1. The van der Waals surface area contributed by atoms with E-state index in [1.54, 1.807) is 0 Å². The summed E-state index contributed by atoms with van der Waals surface area (Å²) in [6.07, 6.45) is 7.25. The molecule has 0 atom stereocenters. The molecule has 0 fully saturated rings. The van der Waals surface area contributed by atoms with Gasteiger partial charge < -0.3 is 6.53 Å². The van der Waals surface area contributed by atoms with Crippen LogP contribution in [0, 0.1) is 0 Å². The number of hydrogen-bond acceptors (Lipinski definition) is 1. The predicted molar refractivity (Wildman–Crippen MR) is 46.7 cm³/mol. The molecular formula is C9H19FeKO2. The van der Waals surface area contributed by atoms with Crippen LogP contribution in [0.3, 0.4) is 0 Å². The van der Waals surface area contributed by atoms with Gasteiger partial charge in [-0.05, 0) is 6.42 Å². The van der Waals surface area contributed by atoms with Crippen molar-refractivity contribution in [1.29, 1.82) is 0 Å². The van der Waals surface area contributed by atoms with Crippen LogP contribution in [0.25, 0.3) is 0 Å². The number of aliphatic carboxylic acids is 1. The molecule has 0 amide bonds. The van der Waals surface area contributed by atoms with Gasteiger partial charge in [-0.25, -0.2) is 0 Å². The molecule has 0 aromatic carbocycles. The summed E-state index contributed by atoms with van der Waals surface area (Å²) in [6.45, 7) is 2.18. The molecule has 0 aliphatic heterocycles. The summed E-state index contributed by atoms with van der Waals surface area (Å²) in [5.74, 6) is -0.666. The third-order valence-corrected chi connectivity index (χ3v) is 1.74. The molecule has 0 aromatic rings. The normalized spacial score (nSPS) is 8.38. The van der Waals surface area contributed by atoms with Crippen LogP contribution in [-0.2, 0) is 21.9 Å². The van der Waals surface area contributed by atoms with Gasteiger partial charge in [0.25, 0.3) is 0 Å². The number of carboxylic acid groups (broad SMARTS) is 1. The topological polar surface area (TPSA) is 37.3 Å². The van der Waals surface area contributed by atoms with Gasteiger partial charge in [0.2, 0.25) is 0 Å². The largest absolute Gasteiger partial charge is 1.00 e. The Labute approximate surface area is 136 Å². The van der Waals surface area contributed by atoms with E-state index in [4.69, 9.17) is 5.11 Å². The van der Waals surface area contributed by atoms with E-state index in [1.165, 1.54) is 25.7 Å². The second-order valence-corrected chi connectivity index (χ2v) is 2.91. The van der Waals surface area contributed by atoms with E-state index in [0.717, 1.165) is 12.8 Å². The van der Waals surface area contributed by atoms with Gasteiger partial charge in [0.1, 0.15) is 0 Å². The van der Waals surface area contributed by atoms with E-state index in [1.807, 2.05) is 0 Å². The SMILES string of the molecule is CCCCCCCCC(=O)O.[Fe].[H-].[K+]. The van der Waals surface area contributed by atoms with Gasteiger partial charge in [0.15, 0.2) is 0 Å². The van der Waals surface area contributed by atoms with E-state index in [-0.39, 0.29) is 69.9 Å². The summed E-state index contributed by atoms with van der Waals surface area (Å²) in [5.41, 5.74) is 0. The molecule has 0 saturated carbocycles. The van der Waals surface area contributed by atoms with E-state index in [0.29, 0.717) is 6.42 Å². The first-order valence-electron chi connectivity index (χ1n) is 4.49. The number of carbonyl (C=O) groups is 1. The van der Waals surface area contributed by atoms with Crippen LogP contribution in [0.15, 0.2) is 0 Å². The fraction of sp³-hybridized carbons (Fsp3) is 0.889. The zero-order chi connectivity index (χ0) is 8.53. The maximum atomic E-state index is 10.1. The average Bonchev–Trinajstić information content (AvgIpc) is 1.96. The maximum Gasteiger partial charge on any atom is 1.00 e. The Morgan fingerprint density at radius 1 is 1.15 bits per heavy atom. The minimum atomic E-state index is -0.666.